The molecule has 0 N–H and O–H groups in total. The Morgan fingerprint density at radius 1 is 1.15 bits per heavy atom. The van der Waals surface area contributed by atoms with E-state index in [0.29, 0.717) is 30.0 Å². The number of hydrogen-bond acceptors (Lipinski definition) is 6. The molecule has 0 saturated carbocycles. The molecule has 1 aromatic heterocycles. The van der Waals surface area contributed by atoms with Gasteiger partial charge in [-0.2, -0.15) is 0 Å². The molecular weight excluding hydrogens is 374 g/mol. The number of ether oxygens (including phenoxy) is 2. The van der Waals surface area contributed by atoms with Crippen molar-refractivity contribution in [3.8, 4) is 11.5 Å². The van der Waals surface area contributed by atoms with E-state index in [2.05, 4.69) is 0 Å². The summed E-state index contributed by atoms with van der Waals surface area (Å²) in [7, 11) is -0.248. The summed E-state index contributed by atoms with van der Waals surface area (Å²) in [6.07, 6.45) is 0.399. The zero-order valence-electron chi connectivity index (χ0n) is 14.7. The first kappa shape index (κ1) is 18.7. The third kappa shape index (κ3) is 3.86. The molecule has 8 heteroatoms. The highest BCUT2D eigenvalue weighted by Crippen LogP contribution is 2.33. The average Bonchev–Trinajstić information content (AvgIpc) is 3.12. The number of nitrogens with zero attached hydrogens (tertiary/aromatic N) is 1. The Morgan fingerprint density at radius 2 is 1.85 bits per heavy atom. The Labute approximate surface area is 157 Å². The van der Waals surface area contributed by atoms with Crippen LogP contribution in [0.4, 0.5) is 0 Å². The molecule has 1 saturated heterocycles. The summed E-state index contributed by atoms with van der Waals surface area (Å²) in [5.41, 5.74) is 0.424. The zero-order valence-corrected chi connectivity index (χ0v) is 16.3. The molecule has 0 bridgehead atoms. The van der Waals surface area contributed by atoms with E-state index in [0.717, 1.165) is 4.88 Å². The molecule has 0 radical (unpaired) electrons. The smallest absolute Gasteiger partial charge is 0.254 e. The van der Waals surface area contributed by atoms with Crippen LogP contribution in [0.2, 0.25) is 0 Å². The summed E-state index contributed by atoms with van der Waals surface area (Å²) in [5.74, 6) is 0.782. The van der Waals surface area contributed by atoms with E-state index in [1.807, 2.05) is 17.5 Å². The molecule has 1 aromatic carbocycles. The first-order valence-corrected chi connectivity index (χ1v) is 10.8. The van der Waals surface area contributed by atoms with Gasteiger partial charge in [0.2, 0.25) is 0 Å². The van der Waals surface area contributed by atoms with Crippen molar-refractivity contribution in [1.29, 1.82) is 0 Å². The Morgan fingerprint density at radius 3 is 2.42 bits per heavy atom. The van der Waals surface area contributed by atoms with Gasteiger partial charge < -0.3 is 14.4 Å². The van der Waals surface area contributed by atoms with Crippen molar-refractivity contribution in [2.45, 2.75) is 11.7 Å². The maximum atomic E-state index is 12.9. The summed E-state index contributed by atoms with van der Waals surface area (Å²) in [6.45, 7) is 0.572. The largest absolute Gasteiger partial charge is 0.497 e. The fourth-order valence-electron chi connectivity index (χ4n) is 3.05. The molecule has 3 rings (SSSR count). The lowest BCUT2D eigenvalue weighted by atomic mass is 10.1. The van der Waals surface area contributed by atoms with Crippen molar-refractivity contribution in [3.63, 3.8) is 0 Å². The van der Waals surface area contributed by atoms with E-state index in [9.17, 15) is 13.2 Å². The van der Waals surface area contributed by atoms with Crippen LogP contribution in [-0.4, -0.2) is 52.3 Å². The molecule has 1 fully saturated rings. The minimum atomic E-state index is -3.29. The molecule has 1 atom stereocenters. The van der Waals surface area contributed by atoms with Crippen LogP contribution in [0, 0.1) is 0 Å². The molecular formula is C18H21NO5S2. The number of sulfone groups is 1. The first-order valence-electron chi connectivity index (χ1n) is 8.22. The molecule has 2 aromatic rings. The van der Waals surface area contributed by atoms with Gasteiger partial charge in [-0.15, -0.1) is 11.3 Å². The second-order valence-corrected chi connectivity index (χ2v) is 9.34. The number of amides is 1. The van der Waals surface area contributed by atoms with Crippen LogP contribution in [0.3, 0.4) is 0 Å². The minimum absolute atomic E-state index is 0.0393. The van der Waals surface area contributed by atoms with Crippen molar-refractivity contribution in [1.82, 2.24) is 4.90 Å². The number of thiophene rings is 1. The molecule has 0 spiro atoms. The van der Waals surface area contributed by atoms with Crippen LogP contribution in [0.1, 0.15) is 26.9 Å². The summed E-state index contributed by atoms with van der Waals surface area (Å²) >= 11 is 1.44. The summed E-state index contributed by atoms with van der Waals surface area (Å²) in [6, 6.07) is 8.67. The molecule has 1 unspecified atom stereocenters. The topological polar surface area (TPSA) is 72.9 Å². The lowest BCUT2D eigenvalue weighted by molar-refractivity contribution is 0.0766. The predicted molar refractivity (Wildman–Crippen MR) is 101 cm³/mol. The van der Waals surface area contributed by atoms with Crippen molar-refractivity contribution < 1.29 is 22.7 Å². The summed E-state index contributed by atoms with van der Waals surface area (Å²) in [4.78, 5) is 15.3. The van der Waals surface area contributed by atoms with Crippen molar-refractivity contribution in [2.75, 3.05) is 33.1 Å². The predicted octanol–water partition coefficient (Wildman–Crippen LogP) is 2.77. The normalized spacial score (nSPS) is 19.6. The molecule has 1 aliphatic heterocycles. The van der Waals surface area contributed by atoms with E-state index in [4.69, 9.17) is 9.47 Å². The zero-order chi connectivity index (χ0) is 18.7. The third-order valence-electron chi connectivity index (χ3n) is 4.49. The highest BCUT2D eigenvalue weighted by Gasteiger charge is 2.33. The summed E-state index contributed by atoms with van der Waals surface area (Å²) in [5, 5.41) is 1.33. The minimum Gasteiger partial charge on any atom is -0.497 e. The van der Waals surface area contributed by atoms with Crippen LogP contribution in [0.25, 0.3) is 0 Å². The quantitative estimate of drug-likeness (QED) is 0.796. The fraction of sp³-hybridized carbons (Fsp3) is 0.389. The number of carbonyl (C=O) groups excluding carboxylic acids is 1. The van der Waals surface area contributed by atoms with Gasteiger partial charge in [0, 0.05) is 29.6 Å². The van der Waals surface area contributed by atoms with Crippen molar-refractivity contribution >= 4 is 27.1 Å². The van der Waals surface area contributed by atoms with E-state index in [1.165, 1.54) is 25.6 Å². The molecule has 2 heterocycles. The van der Waals surface area contributed by atoms with Gasteiger partial charge in [-0.3, -0.25) is 4.79 Å². The number of rotatable bonds is 4. The van der Waals surface area contributed by atoms with E-state index < -0.39 is 15.1 Å². The van der Waals surface area contributed by atoms with Crippen LogP contribution in [0.5, 0.6) is 11.5 Å². The molecule has 1 aliphatic rings. The van der Waals surface area contributed by atoms with Crippen LogP contribution < -0.4 is 9.47 Å². The van der Waals surface area contributed by atoms with E-state index in [-0.39, 0.29) is 18.2 Å². The highest BCUT2D eigenvalue weighted by atomic mass is 32.2. The summed E-state index contributed by atoms with van der Waals surface area (Å²) < 4.78 is 35.7. The van der Waals surface area contributed by atoms with Gasteiger partial charge in [-0.25, -0.2) is 8.42 Å². The lowest BCUT2D eigenvalue weighted by Gasteiger charge is -2.20. The first-order chi connectivity index (χ1) is 12.4. The Kier molecular flexibility index (Phi) is 5.52. The third-order valence-corrected chi connectivity index (χ3v) is 7.73. The second-order valence-electron chi connectivity index (χ2n) is 6.05. The molecule has 0 aliphatic carbocycles. The van der Waals surface area contributed by atoms with Crippen LogP contribution in [0.15, 0.2) is 35.7 Å². The Balaban J connectivity index is 1.84. The lowest BCUT2D eigenvalue weighted by Crippen LogP contribution is -2.33. The highest BCUT2D eigenvalue weighted by molar-refractivity contribution is 7.91. The second kappa shape index (κ2) is 7.67. The number of benzene rings is 1. The number of methoxy groups -OCH3 is 2. The van der Waals surface area contributed by atoms with Gasteiger partial charge in [-0.1, -0.05) is 6.07 Å². The average molecular weight is 396 g/mol. The molecule has 6 nitrogen and oxygen atoms in total. The van der Waals surface area contributed by atoms with Crippen LogP contribution in [-0.2, 0) is 9.84 Å². The monoisotopic (exact) mass is 395 g/mol. The molecule has 140 valence electrons. The SMILES string of the molecule is COc1cc(OC)cc(C(=O)N2CCC(c3cccs3)S(=O)(=O)CC2)c1. The standard InChI is InChI=1S/C18H21NO5S2/c1-23-14-10-13(11-15(12-14)24-2)18(20)19-6-5-17(16-4-3-8-25-16)26(21,22)9-7-19/h3-4,8,10-12,17H,5-7,9H2,1-2H3. The number of hydrogen-bond donors (Lipinski definition) is 0. The molecule has 26 heavy (non-hydrogen) atoms. The van der Waals surface area contributed by atoms with Gasteiger partial charge in [0.15, 0.2) is 9.84 Å². The number of carbonyl (C=O) groups is 1. The fourth-order valence-corrected chi connectivity index (χ4v) is 6.06. The van der Waals surface area contributed by atoms with E-state index >= 15 is 0 Å². The van der Waals surface area contributed by atoms with Gasteiger partial charge in [-0.05, 0) is 30.0 Å². The Bertz CT molecular complexity index is 855. The molecule has 1 amide bonds. The van der Waals surface area contributed by atoms with Crippen LogP contribution >= 0.6 is 11.3 Å². The Hall–Kier alpha value is -2.06. The van der Waals surface area contributed by atoms with Gasteiger partial charge >= 0.3 is 0 Å². The maximum absolute atomic E-state index is 12.9. The van der Waals surface area contributed by atoms with Crippen molar-refractivity contribution in [3.05, 3.63) is 46.2 Å². The van der Waals surface area contributed by atoms with Gasteiger partial charge in [0.1, 0.15) is 11.5 Å². The van der Waals surface area contributed by atoms with Gasteiger partial charge in [0.05, 0.1) is 25.2 Å². The maximum Gasteiger partial charge on any atom is 0.254 e. The van der Waals surface area contributed by atoms with Gasteiger partial charge in [0.25, 0.3) is 5.91 Å². The van der Waals surface area contributed by atoms with Crippen molar-refractivity contribution in [2.24, 2.45) is 0 Å². The van der Waals surface area contributed by atoms with E-state index in [1.54, 1.807) is 23.1 Å².